The first-order chi connectivity index (χ1) is 17.3. The molecule has 0 radical (unpaired) electrons. The van der Waals surface area contributed by atoms with Gasteiger partial charge in [0.2, 0.25) is 0 Å². The molecule has 2 aromatic carbocycles. The number of benzene rings is 2. The number of carboxylic acid groups (broad SMARTS) is 1. The standard InChI is InChI=1S/C28H30N4O5/c1-6-8-21-16(7-2)11-19(26(34)35)12-20(21)15-32-22-14-18(10-9-17(22)13-23(32)25(30)33)24(29)31-27(36)37-28(3,4)5/h6-14H,2,15H2,1,3-5H3,(H2,30,33)(H,34,35)(H2,29,31,36)/b8-6-. The topological polar surface area (TPSA) is 150 Å². The van der Waals surface area contributed by atoms with Gasteiger partial charge < -0.3 is 25.9 Å². The molecule has 9 heteroatoms. The first kappa shape index (κ1) is 26.9. The third-order valence-corrected chi connectivity index (χ3v) is 5.48. The molecule has 0 fully saturated rings. The van der Waals surface area contributed by atoms with Crippen molar-refractivity contribution in [2.45, 2.75) is 39.8 Å². The summed E-state index contributed by atoms with van der Waals surface area (Å²) in [7, 11) is 0. The predicted molar refractivity (Wildman–Crippen MR) is 145 cm³/mol. The summed E-state index contributed by atoms with van der Waals surface area (Å²) in [5, 5.41) is 10.3. The number of fused-ring (bicyclic) bond motifs is 1. The van der Waals surface area contributed by atoms with Crippen molar-refractivity contribution in [3.8, 4) is 0 Å². The molecular weight excluding hydrogens is 472 g/mol. The fraction of sp³-hybridized carbons (Fsp3) is 0.214. The van der Waals surface area contributed by atoms with E-state index in [9.17, 15) is 19.5 Å². The van der Waals surface area contributed by atoms with Gasteiger partial charge in [-0.3, -0.25) is 4.79 Å². The molecule has 1 heterocycles. The van der Waals surface area contributed by atoms with Crippen LogP contribution in [0.1, 0.15) is 70.8 Å². The summed E-state index contributed by atoms with van der Waals surface area (Å²) in [6, 6.07) is 9.85. The minimum absolute atomic E-state index is 0.0547. The summed E-state index contributed by atoms with van der Waals surface area (Å²) < 4.78 is 6.89. The van der Waals surface area contributed by atoms with E-state index in [4.69, 9.17) is 16.2 Å². The average molecular weight is 503 g/mol. The molecule has 0 spiro atoms. The molecule has 1 aromatic heterocycles. The van der Waals surface area contributed by atoms with Crippen LogP contribution in [0.5, 0.6) is 0 Å². The third kappa shape index (κ3) is 6.13. The van der Waals surface area contributed by atoms with Crippen LogP contribution in [0.2, 0.25) is 0 Å². The Kier molecular flexibility index (Phi) is 7.67. The Morgan fingerprint density at radius 3 is 2.38 bits per heavy atom. The molecule has 0 aliphatic carbocycles. The number of aliphatic imine (C=N–C) groups is 1. The number of amides is 2. The van der Waals surface area contributed by atoms with Gasteiger partial charge >= 0.3 is 12.1 Å². The zero-order valence-corrected chi connectivity index (χ0v) is 21.2. The first-order valence-electron chi connectivity index (χ1n) is 11.5. The highest BCUT2D eigenvalue weighted by Gasteiger charge is 2.19. The predicted octanol–water partition coefficient (Wildman–Crippen LogP) is 4.80. The van der Waals surface area contributed by atoms with Crippen LogP contribution in [0.15, 0.2) is 54.0 Å². The molecule has 5 N–H and O–H groups in total. The Hall–Kier alpha value is -4.66. The van der Waals surface area contributed by atoms with Gasteiger partial charge in [0.15, 0.2) is 0 Å². The molecule has 0 atom stereocenters. The highest BCUT2D eigenvalue weighted by atomic mass is 16.6. The number of amidine groups is 1. The summed E-state index contributed by atoms with van der Waals surface area (Å²) in [6.07, 6.45) is 4.45. The minimum atomic E-state index is -1.09. The number of hydrogen-bond donors (Lipinski definition) is 3. The quantitative estimate of drug-likeness (QED) is 0.312. The number of ether oxygens (including phenoxy) is 1. The average Bonchev–Trinajstić information content (AvgIpc) is 3.16. The van der Waals surface area contributed by atoms with Crippen LogP contribution in [-0.4, -0.2) is 39.1 Å². The molecule has 3 aromatic rings. The zero-order chi connectivity index (χ0) is 27.5. The van der Waals surface area contributed by atoms with E-state index in [0.29, 0.717) is 27.6 Å². The number of aromatic carboxylic acids is 1. The van der Waals surface area contributed by atoms with Crippen molar-refractivity contribution in [1.29, 1.82) is 0 Å². The van der Waals surface area contributed by atoms with E-state index in [0.717, 1.165) is 5.56 Å². The molecule has 0 saturated heterocycles. The summed E-state index contributed by atoms with van der Waals surface area (Å²) in [4.78, 5) is 40.1. The van der Waals surface area contributed by atoms with Crippen molar-refractivity contribution >= 4 is 46.9 Å². The molecule has 9 nitrogen and oxygen atoms in total. The number of carboxylic acids is 1. The molecule has 0 saturated carbocycles. The monoisotopic (exact) mass is 502 g/mol. The normalized spacial score (nSPS) is 12.2. The van der Waals surface area contributed by atoms with Crippen LogP contribution in [0.25, 0.3) is 23.1 Å². The van der Waals surface area contributed by atoms with Crippen LogP contribution in [0, 0.1) is 0 Å². The Morgan fingerprint density at radius 2 is 1.81 bits per heavy atom. The van der Waals surface area contributed by atoms with Crippen molar-refractivity contribution in [2.75, 3.05) is 0 Å². The van der Waals surface area contributed by atoms with E-state index < -0.39 is 23.6 Å². The van der Waals surface area contributed by atoms with Crippen LogP contribution in [0.4, 0.5) is 4.79 Å². The molecule has 3 rings (SSSR count). The summed E-state index contributed by atoms with van der Waals surface area (Å²) in [5.74, 6) is -1.79. The number of allylic oxidation sites excluding steroid dienone is 1. The number of carbonyl (C=O) groups excluding carboxylic acids is 2. The van der Waals surface area contributed by atoms with E-state index in [2.05, 4.69) is 11.6 Å². The molecule has 2 amide bonds. The number of nitrogens with two attached hydrogens (primary N) is 2. The van der Waals surface area contributed by atoms with Crippen molar-refractivity contribution in [1.82, 2.24) is 4.57 Å². The highest BCUT2D eigenvalue weighted by Crippen LogP contribution is 2.27. The lowest BCUT2D eigenvalue weighted by Gasteiger charge is -2.17. The summed E-state index contributed by atoms with van der Waals surface area (Å²) in [6.45, 7) is 11.0. The summed E-state index contributed by atoms with van der Waals surface area (Å²) in [5.41, 5.74) is 14.5. The Morgan fingerprint density at radius 1 is 1.11 bits per heavy atom. The maximum atomic E-state index is 12.4. The number of primary amides is 1. The highest BCUT2D eigenvalue weighted by molar-refractivity contribution is 6.06. The lowest BCUT2D eigenvalue weighted by molar-refractivity contribution is 0.0602. The van der Waals surface area contributed by atoms with Gasteiger partial charge in [-0.25, -0.2) is 9.59 Å². The van der Waals surface area contributed by atoms with Gasteiger partial charge in [0.1, 0.15) is 17.1 Å². The van der Waals surface area contributed by atoms with E-state index >= 15 is 0 Å². The summed E-state index contributed by atoms with van der Waals surface area (Å²) >= 11 is 0. The van der Waals surface area contributed by atoms with Gasteiger partial charge in [0.05, 0.1) is 5.56 Å². The lowest BCUT2D eigenvalue weighted by atomic mass is 9.96. The van der Waals surface area contributed by atoms with Crippen molar-refractivity contribution in [3.63, 3.8) is 0 Å². The minimum Gasteiger partial charge on any atom is -0.478 e. The van der Waals surface area contributed by atoms with Gasteiger partial charge in [-0.1, -0.05) is 36.9 Å². The van der Waals surface area contributed by atoms with Crippen LogP contribution < -0.4 is 11.5 Å². The third-order valence-electron chi connectivity index (χ3n) is 5.48. The van der Waals surface area contributed by atoms with Crippen molar-refractivity contribution in [2.24, 2.45) is 16.5 Å². The second-order valence-corrected chi connectivity index (χ2v) is 9.38. The van der Waals surface area contributed by atoms with Crippen molar-refractivity contribution < 1.29 is 24.2 Å². The largest absolute Gasteiger partial charge is 0.478 e. The van der Waals surface area contributed by atoms with Gasteiger partial charge in [0.25, 0.3) is 5.91 Å². The van der Waals surface area contributed by atoms with Gasteiger partial charge in [-0.05, 0) is 68.7 Å². The number of hydrogen-bond acceptors (Lipinski definition) is 4. The Labute approximate surface area is 214 Å². The number of nitrogens with zero attached hydrogens (tertiary/aromatic N) is 2. The van der Waals surface area contributed by atoms with E-state index in [1.54, 1.807) is 67.8 Å². The second-order valence-electron chi connectivity index (χ2n) is 9.38. The fourth-order valence-corrected chi connectivity index (χ4v) is 3.94. The second kappa shape index (κ2) is 10.5. The molecule has 192 valence electrons. The number of carbonyl (C=O) groups is 3. The van der Waals surface area contributed by atoms with E-state index in [-0.39, 0.29) is 23.6 Å². The van der Waals surface area contributed by atoms with Gasteiger partial charge in [-0.2, -0.15) is 4.99 Å². The van der Waals surface area contributed by atoms with Crippen LogP contribution in [-0.2, 0) is 11.3 Å². The molecule has 37 heavy (non-hydrogen) atoms. The lowest BCUT2D eigenvalue weighted by Crippen LogP contribution is -2.24. The molecule has 0 aliphatic rings. The van der Waals surface area contributed by atoms with Gasteiger partial charge in [0, 0.05) is 23.0 Å². The number of rotatable bonds is 7. The van der Waals surface area contributed by atoms with Crippen LogP contribution >= 0.6 is 0 Å². The van der Waals surface area contributed by atoms with Gasteiger partial charge in [-0.15, -0.1) is 0 Å². The van der Waals surface area contributed by atoms with E-state index in [1.807, 2.05) is 19.1 Å². The maximum absolute atomic E-state index is 12.4. The molecule has 0 bridgehead atoms. The van der Waals surface area contributed by atoms with E-state index in [1.165, 1.54) is 0 Å². The van der Waals surface area contributed by atoms with Crippen LogP contribution in [0.3, 0.4) is 0 Å². The molecule has 0 unspecified atom stereocenters. The number of aromatic nitrogens is 1. The Bertz CT molecular complexity index is 1470. The van der Waals surface area contributed by atoms with Crippen molar-refractivity contribution in [3.05, 3.63) is 82.6 Å². The SMILES string of the molecule is C=Cc1cc(C(=O)O)cc(Cn2c(C(N)=O)cc3ccc(/C(N)=N/C(=O)OC(C)(C)C)cc32)c1/C=C\C. The molecular formula is C28H30N4O5. The first-order valence-corrected chi connectivity index (χ1v) is 11.5. The Balaban J connectivity index is 2.19. The fourth-order valence-electron chi connectivity index (χ4n) is 3.94. The smallest absolute Gasteiger partial charge is 0.436 e. The molecule has 0 aliphatic heterocycles. The maximum Gasteiger partial charge on any atom is 0.436 e. The zero-order valence-electron chi connectivity index (χ0n) is 21.2.